The number of imidazole rings is 1. The highest BCUT2D eigenvalue weighted by molar-refractivity contribution is 9.11. The lowest BCUT2D eigenvalue weighted by Gasteiger charge is -2.38. The number of rotatable bonds is 7. The van der Waals surface area contributed by atoms with Crippen LogP contribution in [0, 0.1) is 0 Å². The predicted molar refractivity (Wildman–Crippen MR) is 186 cm³/mol. The number of hydrogen-bond donors (Lipinski definition) is 3. The zero-order valence-electron chi connectivity index (χ0n) is 25.2. The second-order valence-corrected chi connectivity index (χ2v) is 13.4. The van der Waals surface area contributed by atoms with Crippen molar-refractivity contribution < 1.29 is 9.59 Å². The standard InChI is InChI=1S/C33H36Br2N8O3/c34-26-18-22(19-27(35)30(26)36)20-28(31(44)41-16-14-40(15-17-41)24-6-10-37-11-7-24)38-32(45)42-12-8-25(9-13-42)43-21-29(39-33(43)46)23-4-2-1-3-5-23/h1-7,10-11,18-19,21,25,28H,8-9,12-17,20,36H2,(H,38,45)(H,39,46)/t28-/m0/s1. The molecule has 2 aromatic carbocycles. The third kappa shape index (κ3) is 7.15. The number of halogens is 2. The van der Waals surface area contributed by atoms with Crippen LogP contribution < -0.4 is 21.6 Å². The highest BCUT2D eigenvalue weighted by Gasteiger charge is 2.32. The van der Waals surface area contributed by atoms with E-state index in [2.05, 4.69) is 52.0 Å². The van der Waals surface area contributed by atoms with E-state index in [0.717, 1.165) is 31.5 Å². The number of carbonyl (C=O) groups is 2. The first-order valence-corrected chi connectivity index (χ1v) is 16.9. The maximum absolute atomic E-state index is 14.0. The summed E-state index contributed by atoms with van der Waals surface area (Å²) < 4.78 is 3.18. The normalized spacial score (nSPS) is 16.3. The minimum absolute atomic E-state index is 0.0242. The van der Waals surface area contributed by atoms with Crippen molar-refractivity contribution in [2.24, 2.45) is 0 Å². The van der Waals surface area contributed by atoms with Crippen molar-refractivity contribution in [3.05, 3.63) is 98.2 Å². The number of urea groups is 1. The van der Waals surface area contributed by atoms with E-state index in [4.69, 9.17) is 5.73 Å². The van der Waals surface area contributed by atoms with Crippen molar-refractivity contribution in [2.45, 2.75) is 31.3 Å². The Morgan fingerprint density at radius 3 is 2.24 bits per heavy atom. The maximum atomic E-state index is 14.0. The van der Waals surface area contributed by atoms with E-state index >= 15 is 0 Å². The molecule has 0 saturated carbocycles. The molecule has 0 unspecified atom stereocenters. The van der Waals surface area contributed by atoms with Gasteiger partial charge in [-0.25, -0.2) is 9.59 Å². The fourth-order valence-electron chi connectivity index (χ4n) is 6.18. The monoisotopic (exact) mass is 750 g/mol. The minimum atomic E-state index is -0.763. The lowest BCUT2D eigenvalue weighted by molar-refractivity contribution is -0.133. The topological polar surface area (TPSA) is 133 Å². The molecule has 13 heteroatoms. The average molecular weight is 753 g/mol. The summed E-state index contributed by atoms with van der Waals surface area (Å²) in [6, 6.07) is 16.4. The third-order valence-electron chi connectivity index (χ3n) is 8.77. The van der Waals surface area contributed by atoms with E-state index in [1.165, 1.54) is 0 Å². The van der Waals surface area contributed by atoms with Gasteiger partial charge in [0.25, 0.3) is 0 Å². The number of piperidine rings is 1. The van der Waals surface area contributed by atoms with Crippen LogP contribution in [0.25, 0.3) is 11.3 Å². The van der Waals surface area contributed by atoms with Crippen LogP contribution in [-0.2, 0) is 11.2 Å². The van der Waals surface area contributed by atoms with Crippen LogP contribution in [0.15, 0.2) is 86.9 Å². The Labute approximate surface area is 284 Å². The molecular formula is C33H36Br2N8O3. The molecule has 46 heavy (non-hydrogen) atoms. The molecular weight excluding hydrogens is 716 g/mol. The van der Waals surface area contributed by atoms with E-state index in [1.54, 1.807) is 21.9 Å². The van der Waals surface area contributed by atoms with Gasteiger partial charge in [-0.1, -0.05) is 30.3 Å². The summed E-state index contributed by atoms with van der Waals surface area (Å²) in [7, 11) is 0. The number of piperazine rings is 1. The summed E-state index contributed by atoms with van der Waals surface area (Å²) in [5.41, 5.74) is 10.2. The zero-order valence-corrected chi connectivity index (χ0v) is 28.4. The third-order valence-corrected chi connectivity index (χ3v) is 10.1. The Bertz CT molecular complexity index is 1710. The molecule has 0 aliphatic carbocycles. The Kier molecular flexibility index (Phi) is 9.78. The number of H-pyrrole nitrogens is 1. The number of pyridine rings is 1. The molecule has 1 atom stereocenters. The molecule has 11 nitrogen and oxygen atoms in total. The predicted octanol–water partition coefficient (Wildman–Crippen LogP) is 4.65. The van der Waals surface area contributed by atoms with Crippen LogP contribution in [0.5, 0.6) is 0 Å². The number of likely N-dealkylation sites (tertiary alicyclic amines) is 1. The molecule has 3 amide bonds. The van der Waals surface area contributed by atoms with E-state index in [0.29, 0.717) is 64.2 Å². The number of aromatic nitrogens is 3. The molecule has 0 radical (unpaired) electrons. The maximum Gasteiger partial charge on any atom is 0.326 e. The van der Waals surface area contributed by atoms with Crippen LogP contribution in [0.3, 0.4) is 0 Å². The summed E-state index contributed by atoms with van der Waals surface area (Å²) >= 11 is 7.01. The number of nitrogen functional groups attached to an aromatic ring is 1. The molecule has 240 valence electrons. The van der Waals surface area contributed by atoms with Crippen LogP contribution >= 0.6 is 31.9 Å². The van der Waals surface area contributed by atoms with Crippen molar-refractivity contribution in [1.29, 1.82) is 0 Å². The highest BCUT2D eigenvalue weighted by atomic mass is 79.9. The highest BCUT2D eigenvalue weighted by Crippen LogP contribution is 2.30. The van der Waals surface area contributed by atoms with Gasteiger partial charge in [0.15, 0.2) is 0 Å². The second kappa shape index (κ2) is 14.1. The smallest absolute Gasteiger partial charge is 0.326 e. The summed E-state index contributed by atoms with van der Waals surface area (Å²) in [6.07, 6.45) is 6.97. The molecule has 0 spiro atoms. The van der Waals surface area contributed by atoms with Crippen LogP contribution in [-0.4, -0.2) is 81.6 Å². The number of nitrogens with two attached hydrogens (primary N) is 1. The molecule has 4 aromatic rings. The van der Waals surface area contributed by atoms with Crippen molar-refractivity contribution in [2.75, 3.05) is 49.9 Å². The molecule has 2 aliphatic rings. The zero-order chi connectivity index (χ0) is 32.2. The van der Waals surface area contributed by atoms with Gasteiger partial charge in [0.2, 0.25) is 5.91 Å². The number of anilines is 2. The number of nitrogens with one attached hydrogen (secondary N) is 2. The van der Waals surface area contributed by atoms with Crippen molar-refractivity contribution >= 4 is 55.2 Å². The first-order valence-electron chi connectivity index (χ1n) is 15.4. The van der Waals surface area contributed by atoms with Gasteiger partial charge in [-0.3, -0.25) is 14.3 Å². The molecule has 2 fully saturated rings. The van der Waals surface area contributed by atoms with Gasteiger partial charge in [-0.2, -0.15) is 0 Å². The Hall–Kier alpha value is -4.10. The number of carbonyl (C=O) groups excluding carboxylic acids is 2. The van der Waals surface area contributed by atoms with Gasteiger partial charge < -0.3 is 30.7 Å². The number of benzene rings is 2. The van der Waals surface area contributed by atoms with Gasteiger partial charge in [0.05, 0.1) is 11.4 Å². The quantitative estimate of drug-likeness (QED) is 0.236. The van der Waals surface area contributed by atoms with E-state index < -0.39 is 6.04 Å². The number of nitrogens with zero attached hydrogens (tertiary/aromatic N) is 5. The molecule has 2 aliphatic heterocycles. The average Bonchev–Trinajstić information content (AvgIpc) is 3.48. The molecule has 0 bridgehead atoms. The van der Waals surface area contributed by atoms with E-state index in [-0.39, 0.29) is 23.7 Å². The van der Waals surface area contributed by atoms with Gasteiger partial charge >= 0.3 is 11.7 Å². The van der Waals surface area contributed by atoms with Gasteiger partial charge in [0, 0.05) is 85.0 Å². The molecule has 2 saturated heterocycles. The van der Waals surface area contributed by atoms with E-state index in [9.17, 15) is 14.4 Å². The fourth-order valence-corrected chi connectivity index (χ4v) is 7.46. The largest absolute Gasteiger partial charge is 0.397 e. The van der Waals surface area contributed by atoms with Crippen molar-refractivity contribution in [3.63, 3.8) is 0 Å². The lowest BCUT2D eigenvalue weighted by Crippen LogP contribution is -2.57. The van der Waals surface area contributed by atoms with Gasteiger partial charge in [-0.05, 0) is 80.1 Å². The Morgan fingerprint density at radius 1 is 0.935 bits per heavy atom. The number of amides is 3. The second-order valence-electron chi connectivity index (χ2n) is 11.7. The molecule has 4 N–H and O–H groups in total. The van der Waals surface area contributed by atoms with Gasteiger partial charge in [0.1, 0.15) is 6.04 Å². The van der Waals surface area contributed by atoms with Gasteiger partial charge in [-0.15, -0.1) is 0 Å². The molecule has 4 heterocycles. The van der Waals surface area contributed by atoms with Crippen LogP contribution in [0.1, 0.15) is 24.4 Å². The van der Waals surface area contributed by atoms with Crippen LogP contribution in [0.2, 0.25) is 0 Å². The lowest BCUT2D eigenvalue weighted by atomic mass is 10.0. The summed E-state index contributed by atoms with van der Waals surface area (Å²) in [6.45, 7) is 3.41. The Balaban J connectivity index is 1.12. The van der Waals surface area contributed by atoms with Crippen molar-refractivity contribution in [3.8, 4) is 11.3 Å². The first-order chi connectivity index (χ1) is 22.3. The Morgan fingerprint density at radius 2 is 1.59 bits per heavy atom. The summed E-state index contributed by atoms with van der Waals surface area (Å²) in [4.78, 5) is 53.3. The minimum Gasteiger partial charge on any atom is -0.397 e. The van der Waals surface area contributed by atoms with Crippen molar-refractivity contribution in [1.82, 2.24) is 29.7 Å². The van der Waals surface area contributed by atoms with Crippen LogP contribution in [0.4, 0.5) is 16.2 Å². The first kappa shape index (κ1) is 31.9. The molecule has 6 rings (SSSR count). The number of aromatic amines is 1. The number of hydrogen-bond acceptors (Lipinski definition) is 6. The fraction of sp³-hybridized carbons (Fsp3) is 0.333. The van der Waals surface area contributed by atoms with E-state index in [1.807, 2.05) is 65.7 Å². The molecule has 2 aromatic heterocycles. The summed E-state index contributed by atoms with van der Waals surface area (Å²) in [5, 5.41) is 3.06. The summed E-state index contributed by atoms with van der Waals surface area (Å²) in [5.74, 6) is -0.117. The SMILES string of the molecule is Nc1c(Br)cc(C[C@H](NC(=O)N2CCC(n3cc(-c4ccccc4)[nH]c3=O)CC2)C(=O)N2CCN(c3ccncc3)CC2)cc1Br.